The van der Waals surface area contributed by atoms with Crippen LogP contribution in [0.4, 0.5) is 0 Å². The van der Waals surface area contributed by atoms with Crippen molar-refractivity contribution in [1.82, 2.24) is 10.6 Å². The molecule has 86 valence electrons. The summed E-state index contributed by atoms with van der Waals surface area (Å²) in [5, 5.41) is 6.32. The molecule has 15 heavy (non-hydrogen) atoms. The molecule has 1 atom stereocenters. The van der Waals surface area contributed by atoms with Gasteiger partial charge in [-0.3, -0.25) is 4.79 Å². The van der Waals surface area contributed by atoms with Crippen molar-refractivity contribution in [2.45, 2.75) is 25.3 Å². The summed E-state index contributed by atoms with van der Waals surface area (Å²) in [5.41, 5.74) is 0. The normalized spacial score (nSPS) is 21.9. The third kappa shape index (κ3) is 5.85. The van der Waals surface area contributed by atoms with Crippen LogP contribution in [-0.4, -0.2) is 36.5 Å². The lowest BCUT2D eigenvalue weighted by Gasteiger charge is -2.14. The predicted molar refractivity (Wildman–Crippen MR) is 66.2 cm³/mol. The Morgan fingerprint density at radius 2 is 2.53 bits per heavy atom. The number of thioether (sulfide) groups is 1. The summed E-state index contributed by atoms with van der Waals surface area (Å²) >= 11 is 1.87. The zero-order valence-corrected chi connectivity index (χ0v) is 9.94. The highest BCUT2D eigenvalue weighted by Gasteiger charge is 2.15. The van der Waals surface area contributed by atoms with E-state index in [0.717, 1.165) is 37.4 Å². The topological polar surface area (TPSA) is 41.1 Å². The van der Waals surface area contributed by atoms with Crippen LogP contribution in [0.5, 0.6) is 0 Å². The Bertz CT molecular complexity index is 209. The van der Waals surface area contributed by atoms with Crippen molar-refractivity contribution in [2.75, 3.05) is 24.6 Å². The molecule has 1 aliphatic heterocycles. The van der Waals surface area contributed by atoms with Crippen LogP contribution in [0.15, 0.2) is 12.7 Å². The number of hydrogen-bond acceptors (Lipinski definition) is 3. The van der Waals surface area contributed by atoms with Gasteiger partial charge in [0.2, 0.25) is 5.91 Å². The minimum atomic E-state index is 0.184. The van der Waals surface area contributed by atoms with Crippen molar-refractivity contribution < 1.29 is 4.79 Å². The molecule has 0 aromatic heterocycles. The minimum absolute atomic E-state index is 0.184. The van der Waals surface area contributed by atoms with Gasteiger partial charge in [-0.25, -0.2) is 0 Å². The Labute approximate surface area is 96.1 Å². The maximum Gasteiger partial charge on any atom is 0.221 e. The van der Waals surface area contributed by atoms with E-state index in [0.29, 0.717) is 12.5 Å². The smallest absolute Gasteiger partial charge is 0.221 e. The van der Waals surface area contributed by atoms with Crippen LogP contribution in [0.2, 0.25) is 0 Å². The first-order valence-corrected chi connectivity index (χ1v) is 6.67. The second kappa shape index (κ2) is 7.77. The fourth-order valence-corrected chi connectivity index (χ4v) is 2.25. The summed E-state index contributed by atoms with van der Waals surface area (Å²) in [7, 11) is 0. The molecular weight excluding hydrogens is 208 g/mol. The first-order chi connectivity index (χ1) is 7.33. The van der Waals surface area contributed by atoms with Crippen LogP contribution in [0, 0.1) is 0 Å². The van der Waals surface area contributed by atoms with Crippen LogP contribution < -0.4 is 10.6 Å². The van der Waals surface area contributed by atoms with Gasteiger partial charge in [-0.2, -0.15) is 11.8 Å². The summed E-state index contributed by atoms with van der Waals surface area (Å²) in [4.78, 5) is 11.3. The van der Waals surface area contributed by atoms with Gasteiger partial charge < -0.3 is 10.6 Å². The number of amides is 1. The van der Waals surface area contributed by atoms with E-state index >= 15 is 0 Å². The molecule has 1 unspecified atom stereocenters. The molecule has 1 fully saturated rings. The van der Waals surface area contributed by atoms with Crippen LogP contribution in [0.3, 0.4) is 0 Å². The van der Waals surface area contributed by atoms with E-state index in [2.05, 4.69) is 17.2 Å². The largest absolute Gasteiger partial charge is 0.356 e. The van der Waals surface area contributed by atoms with Crippen molar-refractivity contribution >= 4 is 17.7 Å². The van der Waals surface area contributed by atoms with Gasteiger partial charge in [-0.1, -0.05) is 6.08 Å². The minimum Gasteiger partial charge on any atom is -0.356 e. The van der Waals surface area contributed by atoms with E-state index in [4.69, 9.17) is 0 Å². The maximum atomic E-state index is 11.3. The fraction of sp³-hybridized carbons (Fsp3) is 0.727. The molecule has 0 aromatic carbocycles. The van der Waals surface area contributed by atoms with Gasteiger partial charge in [0.1, 0.15) is 0 Å². The predicted octanol–water partition coefficient (Wildman–Crippen LogP) is 1.16. The summed E-state index contributed by atoms with van der Waals surface area (Å²) < 4.78 is 0. The standard InChI is InChI=1S/C11H20N2OS/c1-2-7-15-8-6-12-10-4-3-5-13-11(14)9-10/h2,10,12H,1,3-9H2,(H,13,14). The molecule has 1 saturated heterocycles. The van der Waals surface area contributed by atoms with E-state index in [9.17, 15) is 4.79 Å². The first-order valence-electron chi connectivity index (χ1n) is 5.51. The van der Waals surface area contributed by atoms with Gasteiger partial charge in [0.05, 0.1) is 0 Å². The Hall–Kier alpha value is -0.480. The number of nitrogens with one attached hydrogen (secondary N) is 2. The summed E-state index contributed by atoms with van der Waals surface area (Å²) in [5.74, 6) is 2.28. The molecular formula is C11H20N2OS. The van der Waals surface area contributed by atoms with Crippen molar-refractivity contribution in [3.05, 3.63) is 12.7 Å². The SMILES string of the molecule is C=CCSCCNC1CCCNC(=O)C1. The highest BCUT2D eigenvalue weighted by molar-refractivity contribution is 7.99. The maximum absolute atomic E-state index is 11.3. The van der Waals surface area contributed by atoms with E-state index in [1.54, 1.807) is 0 Å². The molecule has 0 spiro atoms. The van der Waals surface area contributed by atoms with Gasteiger partial charge >= 0.3 is 0 Å². The second-order valence-electron chi connectivity index (χ2n) is 3.71. The summed E-state index contributed by atoms with van der Waals surface area (Å²) in [6.07, 6.45) is 4.74. The molecule has 0 aromatic rings. The zero-order valence-electron chi connectivity index (χ0n) is 9.13. The average molecular weight is 228 g/mol. The van der Waals surface area contributed by atoms with Gasteiger partial charge in [0.15, 0.2) is 0 Å². The highest BCUT2D eigenvalue weighted by Crippen LogP contribution is 2.06. The van der Waals surface area contributed by atoms with E-state index in [-0.39, 0.29) is 5.91 Å². The second-order valence-corrected chi connectivity index (χ2v) is 4.86. The molecule has 0 bridgehead atoms. The fourth-order valence-electron chi connectivity index (χ4n) is 1.65. The zero-order chi connectivity index (χ0) is 10.9. The van der Waals surface area contributed by atoms with E-state index in [1.165, 1.54) is 0 Å². The molecule has 1 heterocycles. The van der Waals surface area contributed by atoms with Crippen molar-refractivity contribution in [2.24, 2.45) is 0 Å². The lowest BCUT2D eigenvalue weighted by molar-refractivity contribution is -0.121. The van der Waals surface area contributed by atoms with Gasteiger partial charge in [-0.15, -0.1) is 6.58 Å². The third-order valence-electron chi connectivity index (χ3n) is 2.40. The molecule has 1 rings (SSSR count). The molecule has 1 aliphatic rings. The molecule has 4 heteroatoms. The van der Waals surface area contributed by atoms with E-state index < -0.39 is 0 Å². The Morgan fingerprint density at radius 3 is 3.33 bits per heavy atom. The lowest BCUT2D eigenvalue weighted by Crippen LogP contribution is -2.33. The van der Waals surface area contributed by atoms with Crippen LogP contribution in [-0.2, 0) is 4.79 Å². The van der Waals surface area contributed by atoms with Crippen LogP contribution in [0.1, 0.15) is 19.3 Å². The van der Waals surface area contributed by atoms with Gasteiger partial charge in [0.25, 0.3) is 0 Å². The van der Waals surface area contributed by atoms with Crippen LogP contribution in [0.25, 0.3) is 0 Å². The quantitative estimate of drug-likeness (QED) is 0.529. The number of carbonyl (C=O) groups is 1. The number of rotatable bonds is 6. The Balaban J connectivity index is 2.08. The summed E-state index contributed by atoms with van der Waals surface area (Å²) in [6, 6.07) is 0.372. The third-order valence-corrected chi connectivity index (χ3v) is 3.36. The average Bonchev–Trinajstić information content (AvgIpc) is 2.43. The Morgan fingerprint density at radius 1 is 1.67 bits per heavy atom. The molecule has 0 radical (unpaired) electrons. The van der Waals surface area contributed by atoms with Crippen molar-refractivity contribution in [3.8, 4) is 0 Å². The van der Waals surface area contributed by atoms with Crippen molar-refractivity contribution in [3.63, 3.8) is 0 Å². The summed E-state index contributed by atoms with van der Waals surface area (Å²) in [6.45, 7) is 5.49. The number of hydrogen-bond donors (Lipinski definition) is 2. The molecule has 0 aliphatic carbocycles. The molecule has 2 N–H and O–H groups in total. The van der Waals surface area contributed by atoms with Gasteiger partial charge in [0, 0.05) is 37.1 Å². The first kappa shape index (κ1) is 12.6. The molecule has 3 nitrogen and oxygen atoms in total. The van der Waals surface area contributed by atoms with Crippen molar-refractivity contribution in [1.29, 1.82) is 0 Å². The monoisotopic (exact) mass is 228 g/mol. The van der Waals surface area contributed by atoms with Gasteiger partial charge in [-0.05, 0) is 12.8 Å². The van der Waals surface area contributed by atoms with Crippen LogP contribution >= 0.6 is 11.8 Å². The van der Waals surface area contributed by atoms with E-state index in [1.807, 2.05) is 17.8 Å². The molecule has 0 saturated carbocycles. The lowest BCUT2D eigenvalue weighted by atomic mass is 10.1. The highest BCUT2D eigenvalue weighted by atomic mass is 32.2. The number of carbonyl (C=O) groups excluding carboxylic acids is 1. The molecule has 1 amide bonds. The Kier molecular flexibility index (Phi) is 6.52.